The summed E-state index contributed by atoms with van der Waals surface area (Å²) in [5, 5.41) is 9.02. The molecule has 3 aromatic rings. The highest BCUT2D eigenvalue weighted by molar-refractivity contribution is 5.72. The van der Waals surface area contributed by atoms with Gasteiger partial charge in [-0.1, -0.05) is 49.7 Å². The lowest BCUT2D eigenvalue weighted by Gasteiger charge is -2.11. The molecule has 0 aliphatic rings. The molecule has 0 saturated carbocycles. The molecule has 3 rings (SSSR count). The van der Waals surface area contributed by atoms with Gasteiger partial charge in [-0.2, -0.15) is 5.26 Å². The standard InChI is InChI=1S/C24H26N2/c1-5-6-20-7-9-22(10-8-20)16-26-18(3)17(2)24(19(26)4)23-13-11-21(15-25)12-14-23/h7-14H,5-6,16H2,1-4H3. The van der Waals surface area contributed by atoms with E-state index >= 15 is 0 Å². The maximum Gasteiger partial charge on any atom is 0.0991 e. The molecule has 1 aromatic heterocycles. The fourth-order valence-corrected chi connectivity index (χ4v) is 3.70. The van der Waals surface area contributed by atoms with Gasteiger partial charge < -0.3 is 4.57 Å². The van der Waals surface area contributed by atoms with Gasteiger partial charge in [0.25, 0.3) is 0 Å². The maximum atomic E-state index is 9.02. The third kappa shape index (κ3) is 3.44. The first kappa shape index (κ1) is 18.0. The molecular formula is C24H26N2. The molecule has 0 fully saturated rings. The Labute approximate surface area is 156 Å². The molecular weight excluding hydrogens is 316 g/mol. The number of hydrogen-bond donors (Lipinski definition) is 0. The van der Waals surface area contributed by atoms with E-state index in [1.165, 1.54) is 45.6 Å². The van der Waals surface area contributed by atoms with Crippen LogP contribution in [0.3, 0.4) is 0 Å². The van der Waals surface area contributed by atoms with E-state index in [1.54, 1.807) is 0 Å². The topological polar surface area (TPSA) is 28.7 Å². The Morgan fingerprint density at radius 2 is 1.46 bits per heavy atom. The Morgan fingerprint density at radius 1 is 0.846 bits per heavy atom. The summed E-state index contributed by atoms with van der Waals surface area (Å²) in [5.74, 6) is 0. The van der Waals surface area contributed by atoms with Gasteiger partial charge in [-0.15, -0.1) is 0 Å². The van der Waals surface area contributed by atoms with Crippen LogP contribution in [-0.2, 0) is 13.0 Å². The van der Waals surface area contributed by atoms with Crippen LogP contribution in [0.1, 0.15) is 47.0 Å². The minimum absolute atomic E-state index is 0.701. The Kier molecular flexibility index (Phi) is 5.28. The van der Waals surface area contributed by atoms with Crippen molar-refractivity contribution in [2.75, 3.05) is 0 Å². The van der Waals surface area contributed by atoms with Gasteiger partial charge in [-0.3, -0.25) is 0 Å². The molecule has 0 unspecified atom stereocenters. The Morgan fingerprint density at radius 3 is 2.04 bits per heavy atom. The predicted molar refractivity (Wildman–Crippen MR) is 108 cm³/mol. The van der Waals surface area contributed by atoms with Crippen LogP contribution >= 0.6 is 0 Å². The zero-order valence-corrected chi connectivity index (χ0v) is 16.1. The van der Waals surface area contributed by atoms with Gasteiger partial charge in [0.15, 0.2) is 0 Å². The fraction of sp³-hybridized carbons (Fsp3) is 0.292. The van der Waals surface area contributed by atoms with Crippen molar-refractivity contribution in [3.63, 3.8) is 0 Å². The fourth-order valence-electron chi connectivity index (χ4n) is 3.70. The number of nitrogens with zero attached hydrogens (tertiary/aromatic N) is 2. The highest BCUT2D eigenvalue weighted by Crippen LogP contribution is 2.32. The van der Waals surface area contributed by atoms with Gasteiger partial charge in [0.2, 0.25) is 0 Å². The first-order chi connectivity index (χ1) is 12.5. The zero-order valence-electron chi connectivity index (χ0n) is 16.1. The van der Waals surface area contributed by atoms with Crippen LogP contribution in [0.5, 0.6) is 0 Å². The van der Waals surface area contributed by atoms with Crippen molar-refractivity contribution in [1.82, 2.24) is 4.57 Å². The van der Waals surface area contributed by atoms with Crippen LogP contribution in [-0.4, -0.2) is 4.57 Å². The summed E-state index contributed by atoms with van der Waals surface area (Å²) in [5.41, 5.74) is 9.81. The van der Waals surface area contributed by atoms with Crippen molar-refractivity contribution in [1.29, 1.82) is 5.26 Å². The number of benzene rings is 2. The lowest BCUT2D eigenvalue weighted by Crippen LogP contribution is -2.04. The normalized spacial score (nSPS) is 10.7. The summed E-state index contributed by atoms with van der Waals surface area (Å²) in [4.78, 5) is 0. The summed E-state index contributed by atoms with van der Waals surface area (Å²) >= 11 is 0. The molecule has 132 valence electrons. The van der Waals surface area contributed by atoms with Crippen molar-refractivity contribution < 1.29 is 0 Å². The van der Waals surface area contributed by atoms with Crippen LogP contribution in [0.25, 0.3) is 11.1 Å². The molecule has 0 amide bonds. The smallest absolute Gasteiger partial charge is 0.0991 e. The lowest BCUT2D eigenvalue weighted by molar-refractivity contribution is 0.747. The molecule has 1 heterocycles. The summed E-state index contributed by atoms with van der Waals surface area (Å²) < 4.78 is 2.40. The number of rotatable bonds is 5. The van der Waals surface area contributed by atoms with Crippen LogP contribution in [0.4, 0.5) is 0 Å². The second-order valence-electron chi connectivity index (χ2n) is 7.01. The number of hydrogen-bond acceptors (Lipinski definition) is 1. The van der Waals surface area contributed by atoms with Gasteiger partial charge in [0, 0.05) is 23.5 Å². The van der Waals surface area contributed by atoms with Crippen LogP contribution in [0.2, 0.25) is 0 Å². The van der Waals surface area contributed by atoms with E-state index in [-0.39, 0.29) is 0 Å². The average Bonchev–Trinajstić information content (AvgIpc) is 2.87. The first-order valence-corrected chi connectivity index (χ1v) is 9.29. The van der Waals surface area contributed by atoms with E-state index in [9.17, 15) is 0 Å². The Hall–Kier alpha value is -2.79. The average molecular weight is 342 g/mol. The van der Waals surface area contributed by atoms with Gasteiger partial charge in [0.1, 0.15) is 0 Å². The molecule has 2 aromatic carbocycles. The van der Waals surface area contributed by atoms with Crippen molar-refractivity contribution in [2.24, 2.45) is 0 Å². The third-order valence-electron chi connectivity index (χ3n) is 5.29. The molecule has 2 heteroatoms. The second kappa shape index (κ2) is 7.62. The molecule has 2 nitrogen and oxygen atoms in total. The highest BCUT2D eigenvalue weighted by atomic mass is 15.0. The quantitative estimate of drug-likeness (QED) is 0.563. The molecule has 0 N–H and O–H groups in total. The molecule has 0 aliphatic carbocycles. The zero-order chi connectivity index (χ0) is 18.7. The predicted octanol–water partition coefficient (Wildman–Crippen LogP) is 5.95. The van der Waals surface area contributed by atoms with Gasteiger partial charge in [-0.25, -0.2) is 0 Å². The van der Waals surface area contributed by atoms with E-state index in [0.717, 1.165) is 13.0 Å². The summed E-state index contributed by atoms with van der Waals surface area (Å²) in [6.45, 7) is 9.69. The summed E-state index contributed by atoms with van der Waals surface area (Å²) in [6, 6.07) is 19.1. The Bertz CT molecular complexity index is 936. The molecule has 0 bridgehead atoms. The largest absolute Gasteiger partial charge is 0.344 e. The van der Waals surface area contributed by atoms with E-state index in [2.05, 4.69) is 74.7 Å². The second-order valence-corrected chi connectivity index (χ2v) is 7.01. The lowest BCUT2D eigenvalue weighted by atomic mass is 10.0. The third-order valence-corrected chi connectivity index (χ3v) is 5.29. The molecule has 0 radical (unpaired) electrons. The monoisotopic (exact) mass is 342 g/mol. The van der Waals surface area contributed by atoms with Crippen LogP contribution < -0.4 is 0 Å². The molecule has 0 spiro atoms. The molecule has 0 atom stereocenters. The maximum absolute atomic E-state index is 9.02. The molecule has 26 heavy (non-hydrogen) atoms. The van der Waals surface area contributed by atoms with Crippen molar-refractivity contribution in [2.45, 2.75) is 47.1 Å². The van der Waals surface area contributed by atoms with E-state index < -0.39 is 0 Å². The summed E-state index contributed by atoms with van der Waals surface area (Å²) in [6.07, 6.45) is 2.33. The van der Waals surface area contributed by atoms with Gasteiger partial charge >= 0.3 is 0 Å². The van der Waals surface area contributed by atoms with E-state index in [4.69, 9.17) is 5.26 Å². The number of aryl methyl sites for hydroxylation is 1. The highest BCUT2D eigenvalue weighted by Gasteiger charge is 2.16. The SMILES string of the molecule is CCCc1ccc(Cn2c(C)c(C)c(-c3ccc(C#N)cc3)c2C)cc1. The molecule has 0 saturated heterocycles. The van der Waals surface area contributed by atoms with Gasteiger partial charge in [-0.05, 0) is 61.6 Å². The minimum atomic E-state index is 0.701. The van der Waals surface area contributed by atoms with Crippen molar-refractivity contribution in [3.8, 4) is 17.2 Å². The molecule has 0 aliphatic heterocycles. The summed E-state index contributed by atoms with van der Waals surface area (Å²) in [7, 11) is 0. The first-order valence-electron chi connectivity index (χ1n) is 9.29. The number of nitriles is 1. The minimum Gasteiger partial charge on any atom is -0.344 e. The van der Waals surface area contributed by atoms with E-state index in [1.807, 2.05) is 12.1 Å². The van der Waals surface area contributed by atoms with Gasteiger partial charge in [0.05, 0.1) is 11.6 Å². The van der Waals surface area contributed by atoms with E-state index in [0.29, 0.717) is 5.56 Å². The number of aromatic nitrogens is 1. The van der Waals surface area contributed by atoms with Crippen LogP contribution in [0.15, 0.2) is 48.5 Å². The van der Waals surface area contributed by atoms with Crippen LogP contribution in [0, 0.1) is 32.1 Å². The van der Waals surface area contributed by atoms with Crippen molar-refractivity contribution >= 4 is 0 Å². The Balaban J connectivity index is 1.94. The van der Waals surface area contributed by atoms with Crippen molar-refractivity contribution in [3.05, 3.63) is 82.2 Å².